The number of aliphatic hydroxyl groups excluding tert-OH is 1. The number of fused-ring (bicyclic) bond motifs is 1. The molecule has 1 aliphatic rings. The summed E-state index contributed by atoms with van der Waals surface area (Å²) in [6.07, 6.45) is 3.43. The number of carbonyl (C=O) groups is 8. The maximum absolute atomic E-state index is 14.5. The second-order valence-corrected chi connectivity index (χ2v) is 20.4. The van der Waals surface area contributed by atoms with E-state index >= 15 is 0 Å². The highest BCUT2D eigenvalue weighted by molar-refractivity contribution is 8.76. The molecule has 1 aliphatic heterocycles. The number of hydrogen-bond acceptors (Lipinski definition) is 14. The van der Waals surface area contributed by atoms with Crippen molar-refractivity contribution in [1.82, 2.24) is 52.2 Å². The van der Waals surface area contributed by atoms with Gasteiger partial charge >= 0.3 is 0 Å². The van der Waals surface area contributed by atoms with Crippen LogP contribution >= 0.6 is 21.6 Å². The third-order valence-electron chi connectivity index (χ3n) is 12.1. The number of H-pyrrole nitrogens is 2. The average molecular weight is 1050 g/mol. The van der Waals surface area contributed by atoms with Crippen LogP contribution in [0.1, 0.15) is 42.1 Å². The van der Waals surface area contributed by atoms with E-state index in [1.165, 1.54) is 19.4 Å². The third-order valence-corrected chi connectivity index (χ3v) is 14.5. The lowest BCUT2D eigenvalue weighted by Gasteiger charge is -2.26. The van der Waals surface area contributed by atoms with E-state index in [1.807, 2.05) is 36.4 Å². The molecule has 3 heterocycles. The molecule has 0 spiro atoms. The molecule has 16 N–H and O–H groups in total. The quantitative estimate of drug-likeness (QED) is 0.0587. The number of nitrogens with two attached hydrogens (primary N) is 3. The Morgan fingerprint density at radius 3 is 2.07 bits per heavy atom. The maximum Gasteiger partial charge on any atom is 0.244 e. The first-order valence-electron chi connectivity index (χ1n) is 24.0. The summed E-state index contributed by atoms with van der Waals surface area (Å²) in [4.78, 5) is 121. The molecule has 1 fully saturated rings. The Balaban J connectivity index is 1.33. The van der Waals surface area contributed by atoms with E-state index in [4.69, 9.17) is 17.2 Å². The summed E-state index contributed by atoms with van der Waals surface area (Å²) in [6, 6.07) is 14.9. The molecule has 394 valence electrons. The van der Waals surface area contributed by atoms with Crippen molar-refractivity contribution in [2.24, 2.45) is 17.2 Å². The van der Waals surface area contributed by atoms with Crippen LogP contribution in [0.3, 0.4) is 0 Å². The number of nitrogens with one attached hydrogen (secondary N) is 9. The van der Waals surface area contributed by atoms with Crippen LogP contribution in [0.2, 0.25) is 0 Å². The van der Waals surface area contributed by atoms with Gasteiger partial charge in [0.25, 0.3) is 0 Å². The number of aromatic amines is 2. The zero-order valence-electron chi connectivity index (χ0n) is 40.6. The summed E-state index contributed by atoms with van der Waals surface area (Å²) in [5.41, 5.74) is 21.7. The number of carbonyl (C=O) groups excluding carboxylic acids is 8. The minimum absolute atomic E-state index is 0.0349. The number of benzene rings is 3. The van der Waals surface area contributed by atoms with Gasteiger partial charge in [0.05, 0.1) is 24.5 Å². The normalized spacial score (nSPS) is 22.4. The highest BCUT2D eigenvalue weighted by atomic mass is 33.1. The second kappa shape index (κ2) is 27.7. The van der Waals surface area contributed by atoms with Crippen molar-refractivity contribution in [2.75, 3.05) is 18.1 Å². The average Bonchev–Trinajstić information content (AvgIpc) is 4.06. The summed E-state index contributed by atoms with van der Waals surface area (Å²) in [6.45, 7) is 1.28. The van der Waals surface area contributed by atoms with Gasteiger partial charge in [-0.25, -0.2) is 4.98 Å². The minimum atomic E-state index is -1.55. The predicted molar refractivity (Wildman–Crippen MR) is 280 cm³/mol. The van der Waals surface area contributed by atoms with Crippen LogP contribution < -0.4 is 54.4 Å². The maximum atomic E-state index is 14.5. The molecular weight excluding hydrogens is 991 g/mol. The van der Waals surface area contributed by atoms with Crippen LogP contribution in [0.5, 0.6) is 0 Å². The Hall–Kier alpha value is -7.25. The number of primary amides is 1. The molecule has 0 aliphatic carbocycles. The Morgan fingerprint density at radius 2 is 1.38 bits per heavy atom. The summed E-state index contributed by atoms with van der Waals surface area (Å²) < 4.78 is 0. The van der Waals surface area contributed by atoms with Gasteiger partial charge in [-0.05, 0) is 48.9 Å². The molecule has 6 rings (SSSR count). The Morgan fingerprint density at radius 1 is 0.757 bits per heavy atom. The Labute approximate surface area is 434 Å². The molecule has 0 radical (unpaired) electrons. The first-order chi connectivity index (χ1) is 35.6. The molecule has 0 bridgehead atoms. The fraction of sp³-hybridized carbons (Fsp3) is 0.380. The lowest BCUT2D eigenvalue weighted by Crippen LogP contribution is -2.60. The molecule has 0 unspecified atom stereocenters. The number of para-hydroxylation sites is 1. The van der Waals surface area contributed by atoms with Crippen LogP contribution in [0.4, 0.5) is 0 Å². The van der Waals surface area contributed by atoms with Crippen LogP contribution in [0.25, 0.3) is 10.9 Å². The molecule has 74 heavy (non-hydrogen) atoms. The topological polar surface area (TPSA) is 364 Å². The van der Waals surface area contributed by atoms with Gasteiger partial charge in [-0.3, -0.25) is 38.4 Å². The first-order valence-corrected chi connectivity index (χ1v) is 26.5. The van der Waals surface area contributed by atoms with Crippen LogP contribution in [-0.2, 0) is 64.0 Å². The van der Waals surface area contributed by atoms with Crippen molar-refractivity contribution < 1.29 is 43.5 Å². The number of imidazole rings is 1. The third kappa shape index (κ3) is 16.6. The van der Waals surface area contributed by atoms with Crippen molar-refractivity contribution in [3.8, 4) is 0 Å². The van der Waals surface area contributed by atoms with Gasteiger partial charge in [-0.15, -0.1) is 0 Å². The van der Waals surface area contributed by atoms with Crippen molar-refractivity contribution in [3.63, 3.8) is 0 Å². The molecule has 3 aromatic carbocycles. The zero-order valence-corrected chi connectivity index (χ0v) is 42.2. The minimum Gasteiger partial charge on any atom is -0.391 e. The molecule has 0 saturated carbocycles. The monoisotopic (exact) mass is 1050 g/mol. The van der Waals surface area contributed by atoms with E-state index in [0.717, 1.165) is 43.6 Å². The highest BCUT2D eigenvalue weighted by Crippen LogP contribution is 2.24. The van der Waals surface area contributed by atoms with E-state index in [-0.39, 0.29) is 56.6 Å². The molecule has 8 amide bonds. The van der Waals surface area contributed by atoms with Gasteiger partial charge in [0.1, 0.15) is 36.3 Å². The molecule has 2 aromatic heterocycles. The number of aliphatic hydroxyl groups is 1. The standard InChI is InChI=1S/C50H63N13O9S2/c1-28(64)42(43(53)65)63-50(72)41-26-74-73-25-40(61-45(67)35(52)19-29-11-4-2-5-12-29)49(71)60-39(22-32-24-54-27-57-32)48(70)59-37(20-30-13-6-3-7-14-30)46(68)55-18-10-16-34(51)44(66)58-38(47(69)62-41)21-31-23-56-36-17-9-8-15-33(31)36/h2-9,11-15,17,23-24,27-28,34-35,37-42,56,64H,10,16,18-22,25-26,51-52H2,1H3,(H2,53,65)(H,54,57)(H,55,68)(H,58,66)(H,59,70)(H,60,71)(H,61,67)(H,62,69)(H,63,72)/t28-,34+,35-,37-,38+,39+,40+,41+,42+/m1/s1. The smallest absolute Gasteiger partial charge is 0.244 e. The van der Waals surface area contributed by atoms with E-state index in [0.29, 0.717) is 11.3 Å². The first kappa shape index (κ1) is 56.1. The summed E-state index contributed by atoms with van der Waals surface area (Å²) in [7, 11) is 2.02. The van der Waals surface area contributed by atoms with Crippen molar-refractivity contribution >= 4 is 79.7 Å². The lowest BCUT2D eigenvalue weighted by molar-refractivity contribution is -0.134. The number of aromatic nitrogens is 3. The van der Waals surface area contributed by atoms with E-state index < -0.39 is 102 Å². The number of nitrogens with zero attached hydrogens (tertiary/aromatic N) is 1. The molecule has 24 heteroatoms. The molecular formula is C50H63N13O9S2. The summed E-state index contributed by atoms with van der Waals surface area (Å²) in [5.74, 6) is -6.64. The summed E-state index contributed by atoms with van der Waals surface area (Å²) >= 11 is 0. The second-order valence-electron chi connectivity index (χ2n) is 17.9. The molecule has 9 atom stereocenters. The van der Waals surface area contributed by atoms with Crippen LogP contribution in [-0.4, -0.2) is 140 Å². The van der Waals surface area contributed by atoms with E-state index in [2.05, 4.69) is 52.2 Å². The zero-order chi connectivity index (χ0) is 53.1. The van der Waals surface area contributed by atoms with Gasteiger partial charge in [0.2, 0.25) is 47.3 Å². The van der Waals surface area contributed by atoms with Gasteiger partial charge in [0.15, 0.2) is 0 Å². The highest BCUT2D eigenvalue weighted by Gasteiger charge is 2.34. The molecule has 5 aromatic rings. The van der Waals surface area contributed by atoms with Crippen molar-refractivity contribution in [2.45, 2.75) is 99.9 Å². The fourth-order valence-electron chi connectivity index (χ4n) is 8.02. The summed E-state index contributed by atoms with van der Waals surface area (Å²) in [5, 5.41) is 30.0. The van der Waals surface area contributed by atoms with Crippen molar-refractivity contribution in [3.05, 3.63) is 126 Å². The molecule has 1 saturated heterocycles. The number of amides is 8. The Bertz CT molecular complexity index is 2700. The SMILES string of the molecule is C[C@@H](O)[C@H](NC(=O)[C@@H]1CSSC[C@H](NC(=O)[C@H](N)Cc2ccccc2)C(=O)N[C@@H](Cc2cnc[nH]2)C(=O)N[C@H](Cc2ccccc2)C(=O)NCCC[C@H](N)C(=O)N[C@@H](Cc2c[nH]c3ccccc23)C(=O)N1)C(N)=O. The van der Waals surface area contributed by atoms with Crippen molar-refractivity contribution in [1.29, 1.82) is 0 Å². The van der Waals surface area contributed by atoms with E-state index in [1.54, 1.807) is 54.7 Å². The van der Waals surface area contributed by atoms with Gasteiger partial charge in [0, 0.05) is 66.3 Å². The largest absolute Gasteiger partial charge is 0.391 e. The Kier molecular flexibility index (Phi) is 21.0. The van der Waals surface area contributed by atoms with Gasteiger partial charge < -0.3 is 69.5 Å². The van der Waals surface area contributed by atoms with Gasteiger partial charge in [-0.2, -0.15) is 0 Å². The molecule has 22 nitrogen and oxygen atoms in total. The lowest BCUT2D eigenvalue weighted by atomic mass is 10.0. The van der Waals surface area contributed by atoms with Crippen LogP contribution in [0.15, 0.2) is 104 Å². The number of rotatable bonds is 14. The fourth-order valence-corrected chi connectivity index (χ4v) is 10.3. The van der Waals surface area contributed by atoms with Gasteiger partial charge in [-0.1, -0.05) is 100 Å². The number of hydrogen-bond donors (Lipinski definition) is 13. The van der Waals surface area contributed by atoms with Crippen LogP contribution in [0, 0.1) is 0 Å². The van der Waals surface area contributed by atoms with E-state index in [9.17, 15) is 43.5 Å². The predicted octanol–water partition coefficient (Wildman–Crippen LogP) is -1.12.